The summed E-state index contributed by atoms with van der Waals surface area (Å²) in [4.78, 5) is 21.0. The Morgan fingerprint density at radius 3 is 2.07 bits per heavy atom. The van der Waals surface area contributed by atoms with Crippen molar-refractivity contribution in [3.05, 3.63) is 36.5 Å². The molecule has 0 aromatic carbocycles. The maximum absolute atomic E-state index is 10.8. The van der Waals surface area contributed by atoms with Crippen LogP contribution in [0.15, 0.2) is 36.5 Å². The molecule has 0 saturated carbocycles. The van der Waals surface area contributed by atoms with Crippen LogP contribution in [0.25, 0.3) is 0 Å². The van der Waals surface area contributed by atoms with Gasteiger partial charge in [-0.15, -0.1) is 0 Å². The lowest BCUT2D eigenvalue weighted by Crippen LogP contribution is -2.13. The Kier molecular flexibility index (Phi) is 10.0. The summed E-state index contributed by atoms with van der Waals surface area (Å²) in [6.07, 6.45) is 5.90. The number of hydrogen-bond acceptors (Lipinski definition) is 2. The van der Waals surface area contributed by atoms with Crippen molar-refractivity contribution >= 4 is 11.8 Å². The summed E-state index contributed by atoms with van der Waals surface area (Å²) in [5.74, 6) is -2.41. The fraction of sp³-hybridized carbons (Fsp3) is 0.273. The number of rotatable bonds is 4. The van der Waals surface area contributed by atoms with E-state index in [9.17, 15) is 9.59 Å². The third kappa shape index (κ3) is 5.94. The zero-order valence-corrected chi connectivity index (χ0v) is 8.78. The number of allylic oxidation sites excluding steroid dienone is 4. The molecule has 0 amide bonds. The molecule has 0 bridgehead atoms. The van der Waals surface area contributed by atoms with Crippen LogP contribution in [0.5, 0.6) is 0 Å². The van der Waals surface area contributed by atoms with Gasteiger partial charge in [-0.1, -0.05) is 44.7 Å². The predicted molar refractivity (Wildman–Crippen MR) is 57.1 cm³/mol. The second kappa shape index (κ2) is 9.45. The van der Waals surface area contributed by atoms with Gasteiger partial charge >= 0.3 is 5.97 Å². The van der Waals surface area contributed by atoms with Gasteiger partial charge in [0.25, 0.3) is 5.78 Å². The lowest BCUT2D eigenvalue weighted by molar-refractivity contribution is -0.147. The molecule has 0 aromatic rings. The van der Waals surface area contributed by atoms with Gasteiger partial charge in [0.1, 0.15) is 0 Å². The summed E-state index contributed by atoms with van der Waals surface area (Å²) in [5, 5.41) is 8.32. The molecule has 0 aromatic heterocycles. The van der Waals surface area contributed by atoms with Gasteiger partial charge in [0.05, 0.1) is 0 Å². The van der Waals surface area contributed by atoms with Crippen LogP contribution in [0.2, 0.25) is 0 Å². The van der Waals surface area contributed by atoms with Crippen molar-refractivity contribution in [2.45, 2.75) is 20.8 Å². The minimum absolute atomic E-state index is 0.0839. The molecule has 0 heterocycles. The summed E-state index contributed by atoms with van der Waals surface area (Å²) in [6, 6.07) is 0. The van der Waals surface area contributed by atoms with Crippen LogP contribution in [0.3, 0.4) is 0 Å². The molecule has 14 heavy (non-hydrogen) atoms. The average molecular weight is 196 g/mol. The zero-order chi connectivity index (χ0) is 11.6. The fourth-order valence-electron chi connectivity index (χ4n) is 0.560. The van der Waals surface area contributed by atoms with Crippen LogP contribution < -0.4 is 0 Å². The number of carbonyl (C=O) groups excluding carboxylic acids is 1. The van der Waals surface area contributed by atoms with E-state index in [4.69, 9.17) is 5.11 Å². The summed E-state index contributed by atoms with van der Waals surface area (Å²) in [7, 11) is 0. The molecule has 0 aliphatic heterocycles. The van der Waals surface area contributed by atoms with Crippen molar-refractivity contribution in [3.63, 3.8) is 0 Å². The van der Waals surface area contributed by atoms with Crippen molar-refractivity contribution in [1.82, 2.24) is 0 Å². The average Bonchev–Trinajstić information content (AvgIpc) is 2.21. The van der Waals surface area contributed by atoms with Gasteiger partial charge in [0, 0.05) is 5.57 Å². The molecule has 0 aliphatic rings. The summed E-state index contributed by atoms with van der Waals surface area (Å²) < 4.78 is 0. The monoisotopic (exact) mass is 196 g/mol. The van der Waals surface area contributed by atoms with E-state index < -0.39 is 11.8 Å². The second-order valence-corrected chi connectivity index (χ2v) is 1.99. The third-order valence-corrected chi connectivity index (χ3v) is 1.14. The van der Waals surface area contributed by atoms with Gasteiger partial charge in [-0.25, -0.2) is 4.79 Å². The number of aliphatic carboxylic acids is 1. The van der Waals surface area contributed by atoms with Crippen molar-refractivity contribution in [1.29, 1.82) is 0 Å². The number of ketones is 1. The van der Waals surface area contributed by atoms with Crippen molar-refractivity contribution in [3.8, 4) is 0 Å². The third-order valence-electron chi connectivity index (χ3n) is 1.14. The van der Waals surface area contributed by atoms with E-state index in [0.29, 0.717) is 0 Å². The quantitative estimate of drug-likeness (QED) is 0.426. The van der Waals surface area contributed by atoms with Crippen molar-refractivity contribution < 1.29 is 14.7 Å². The fourth-order valence-corrected chi connectivity index (χ4v) is 0.560. The highest BCUT2D eigenvalue weighted by atomic mass is 16.4. The lowest BCUT2D eigenvalue weighted by Gasteiger charge is -1.92. The number of hydrogen-bond donors (Lipinski definition) is 1. The van der Waals surface area contributed by atoms with E-state index in [1.54, 1.807) is 19.1 Å². The standard InChI is InChI=1S/C9H10O3.C2H6/c1-3-5-6-7(4-2)8(10)9(11)12;1-2/h3-6H,2H2,1H3,(H,11,12);1-2H3/b5-3-,7-6+;. The SMILES string of the molecule is C=C/C(=C\C=C/C)C(=O)C(=O)O.CC. The number of carboxylic acids is 1. The van der Waals surface area contributed by atoms with Crippen LogP contribution in [0.1, 0.15) is 20.8 Å². The molecular weight excluding hydrogens is 180 g/mol. The Balaban J connectivity index is 0. The smallest absolute Gasteiger partial charge is 0.377 e. The van der Waals surface area contributed by atoms with Gasteiger partial charge in [-0.2, -0.15) is 0 Å². The highest BCUT2D eigenvalue weighted by Crippen LogP contribution is 1.98. The Labute approximate surface area is 84.4 Å². The highest BCUT2D eigenvalue weighted by molar-refractivity contribution is 6.40. The Hall–Kier alpha value is -1.64. The molecule has 0 rings (SSSR count). The minimum Gasteiger partial charge on any atom is -0.475 e. The van der Waals surface area contributed by atoms with Crippen LogP contribution in [0, 0.1) is 0 Å². The van der Waals surface area contributed by atoms with Crippen LogP contribution >= 0.6 is 0 Å². The van der Waals surface area contributed by atoms with Crippen molar-refractivity contribution in [2.24, 2.45) is 0 Å². The molecular formula is C11H16O3. The molecule has 1 N–H and O–H groups in total. The summed E-state index contributed by atoms with van der Waals surface area (Å²) in [5.41, 5.74) is 0.0839. The van der Waals surface area contributed by atoms with Crippen LogP contribution in [-0.2, 0) is 9.59 Å². The number of Topliss-reactive ketones (excluding diaryl/α,β-unsaturated/α-hetero) is 1. The van der Waals surface area contributed by atoms with Gasteiger partial charge in [-0.3, -0.25) is 4.79 Å². The molecule has 0 unspecified atom stereocenters. The van der Waals surface area contributed by atoms with Crippen LogP contribution in [-0.4, -0.2) is 16.9 Å². The van der Waals surface area contributed by atoms with Gasteiger partial charge in [-0.05, 0) is 6.92 Å². The lowest BCUT2D eigenvalue weighted by atomic mass is 10.1. The van der Waals surface area contributed by atoms with E-state index in [2.05, 4.69) is 6.58 Å². The first-order chi connectivity index (χ1) is 6.63. The highest BCUT2D eigenvalue weighted by Gasteiger charge is 2.13. The normalized spacial score (nSPS) is 10.4. The largest absolute Gasteiger partial charge is 0.475 e. The Bertz CT molecular complexity index is 260. The molecule has 0 atom stereocenters. The maximum atomic E-state index is 10.8. The minimum atomic E-state index is -1.47. The zero-order valence-electron chi connectivity index (χ0n) is 8.78. The van der Waals surface area contributed by atoms with E-state index >= 15 is 0 Å². The number of carbonyl (C=O) groups is 2. The maximum Gasteiger partial charge on any atom is 0.377 e. The molecule has 0 saturated heterocycles. The summed E-state index contributed by atoms with van der Waals surface area (Å²) in [6.45, 7) is 9.10. The molecule has 0 radical (unpaired) electrons. The predicted octanol–water partition coefficient (Wildman–Crippen LogP) is 2.35. The first-order valence-electron chi connectivity index (χ1n) is 4.36. The van der Waals surface area contributed by atoms with E-state index in [-0.39, 0.29) is 5.57 Å². The Morgan fingerprint density at radius 2 is 1.79 bits per heavy atom. The first-order valence-corrected chi connectivity index (χ1v) is 4.36. The van der Waals surface area contributed by atoms with Crippen molar-refractivity contribution in [2.75, 3.05) is 0 Å². The van der Waals surface area contributed by atoms with Crippen LogP contribution in [0.4, 0.5) is 0 Å². The topological polar surface area (TPSA) is 54.4 Å². The molecule has 78 valence electrons. The van der Waals surface area contributed by atoms with Gasteiger partial charge < -0.3 is 5.11 Å². The molecule has 3 heteroatoms. The Morgan fingerprint density at radius 1 is 1.29 bits per heavy atom. The van der Waals surface area contributed by atoms with E-state index in [1.165, 1.54) is 12.2 Å². The van der Waals surface area contributed by atoms with Gasteiger partial charge in [0.15, 0.2) is 0 Å². The first kappa shape index (κ1) is 14.9. The summed E-state index contributed by atoms with van der Waals surface area (Å²) >= 11 is 0. The molecule has 0 aliphatic carbocycles. The second-order valence-electron chi connectivity index (χ2n) is 1.99. The molecule has 0 fully saturated rings. The van der Waals surface area contributed by atoms with Gasteiger partial charge in [0.2, 0.25) is 0 Å². The molecule has 3 nitrogen and oxygen atoms in total. The number of carboxylic acid groups (broad SMARTS) is 1. The molecule has 0 spiro atoms. The van der Waals surface area contributed by atoms with E-state index in [0.717, 1.165) is 0 Å². The van der Waals surface area contributed by atoms with E-state index in [1.807, 2.05) is 13.8 Å².